The summed E-state index contributed by atoms with van der Waals surface area (Å²) in [5.74, 6) is -0.603. The number of rotatable bonds is 3. The lowest BCUT2D eigenvalue weighted by Gasteiger charge is -2.22. The third-order valence-corrected chi connectivity index (χ3v) is 1.77. The van der Waals surface area contributed by atoms with Crippen molar-refractivity contribution in [2.24, 2.45) is 0 Å². The third kappa shape index (κ3) is 4.36. The normalized spacial score (nSPS) is 13.7. The zero-order valence-electron chi connectivity index (χ0n) is 9.62. The first-order valence-electron chi connectivity index (χ1n) is 4.89. The number of hydrogen-bond donors (Lipinski definition) is 1. The number of methoxy groups -OCH3 is 1. The summed E-state index contributed by atoms with van der Waals surface area (Å²) in [6, 6.07) is 2.75. The van der Waals surface area contributed by atoms with Gasteiger partial charge in [0.2, 0.25) is 5.95 Å². The predicted molar refractivity (Wildman–Crippen MR) is 57.0 cm³/mol. The topological polar surface area (TPSA) is 42.4 Å². The van der Waals surface area contributed by atoms with Crippen molar-refractivity contribution in [1.82, 2.24) is 4.98 Å². The first-order chi connectivity index (χ1) is 7.06. The Labute approximate surface area is 89.9 Å². The van der Waals surface area contributed by atoms with Crippen LogP contribution in [0.4, 0.5) is 4.39 Å². The minimum absolute atomic E-state index is 0.121. The van der Waals surface area contributed by atoms with E-state index in [1.165, 1.54) is 19.4 Å². The van der Waals surface area contributed by atoms with Crippen LogP contribution < -0.4 is 0 Å². The summed E-state index contributed by atoms with van der Waals surface area (Å²) in [6.07, 6.45) is 1.31. The monoisotopic (exact) mass is 215 g/mol. The molecular formula is C11H18FNO2. The number of aromatic nitrogens is 1. The number of aliphatic hydroxyl groups is 1. The summed E-state index contributed by atoms with van der Waals surface area (Å²) < 4.78 is 17.5. The van der Waals surface area contributed by atoms with Crippen LogP contribution in [0.5, 0.6) is 0 Å². The van der Waals surface area contributed by atoms with Gasteiger partial charge in [0.05, 0.1) is 6.61 Å². The maximum absolute atomic E-state index is 12.7. The summed E-state index contributed by atoms with van der Waals surface area (Å²) >= 11 is 0. The fourth-order valence-corrected chi connectivity index (χ4v) is 1.10. The van der Waals surface area contributed by atoms with Crippen LogP contribution in [0.25, 0.3) is 0 Å². The Morgan fingerprint density at radius 3 is 2.60 bits per heavy atom. The van der Waals surface area contributed by atoms with Gasteiger partial charge in [0.25, 0.3) is 0 Å². The van der Waals surface area contributed by atoms with Crippen LogP contribution in [-0.2, 0) is 10.3 Å². The smallest absolute Gasteiger partial charge is 0.213 e. The van der Waals surface area contributed by atoms with Gasteiger partial charge in [-0.05, 0) is 24.6 Å². The molecule has 15 heavy (non-hydrogen) atoms. The molecule has 0 aliphatic carbocycles. The largest absolute Gasteiger partial charge is 0.383 e. The Hall–Kier alpha value is -1.00. The molecule has 0 saturated carbocycles. The Morgan fingerprint density at radius 1 is 1.53 bits per heavy atom. The van der Waals surface area contributed by atoms with Crippen LogP contribution >= 0.6 is 0 Å². The Bertz CT molecular complexity index is 290. The van der Waals surface area contributed by atoms with E-state index in [0.717, 1.165) is 0 Å². The van der Waals surface area contributed by atoms with Crippen molar-refractivity contribution in [3.8, 4) is 0 Å². The van der Waals surface area contributed by atoms with Crippen LogP contribution in [0.15, 0.2) is 18.3 Å². The second-order valence-corrected chi connectivity index (χ2v) is 3.07. The number of ether oxygens (including phenoxy) is 1. The third-order valence-electron chi connectivity index (χ3n) is 1.77. The first-order valence-corrected chi connectivity index (χ1v) is 4.89. The molecule has 1 heterocycles. The number of pyridine rings is 1. The molecule has 1 unspecified atom stereocenters. The van der Waals surface area contributed by atoms with E-state index in [-0.39, 0.29) is 6.61 Å². The molecule has 86 valence electrons. The van der Waals surface area contributed by atoms with Gasteiger partial charge in [0, 0.05) is 13.3 Å². The standard InChI is InChI=1S/C9H12FNO2.C2H6/c1-9(12,6-13-2)7-3-4-11-8(10)5-7;1-2/h3-5,12H,6H2,1-2H3;1-2H3. The van der Waals surface area contributed by atoms with Gasteiger partial charge in [0.15, 0.2) is 0 Å². The second-order valence-electron chi connectivity index (χ2n) is 3.07. The van der Waals surface area contributed by atoms with Gasteiger partial charge in [0.1, 0.15) is 5.60 Å². The average Bonchev–Trinajstić information content (AvgIpc) is 2.21. The molecule has 0 radical (unpaired) electrons. The van der Waals surface area contributed by atoms with E-state index in [4.69, 9.17) is 4.74 Å². The SMILES string of the molecule is CC.COCC(C)(O)c1ccnc(F)c1. The highest BCUT2D eigenvalue weighted by Gasteiger charge is 2.23. The van der Waals surface area contributed by atoms with Crippen molar-refractivity contribution in [2.45, 2.75) is 26.4 Å². The molecule has 0 fully saturated rings. The molecule has 0 aliphatic heterocycles. The zero-order chi connectivity index (χ0) is 11.9. The second kappa shape index (κ2) is 6.48. The van der Waals surface area contributed by atoms with E-state index < -0.39 is 11.5 Å². The zero-order valence-corrected chi connectivity index (χ0v) is 9.62. The van der Waals surface area contributed by atoms with Crippen LogP contribution in [0.2, 0.25) is 0 Å². The van der Waals surface area contributed by atoms with Crippen LogP contribution in [-0.4, -0.2) is 23.8 Å². The van der Waals surface area contributed by atoms with Gasteiger partial charge in [-0.2, -0.15) is 4.39 Å². The lowest BCUT2D eigenvalue weighted by molar-refractivity contribution is -0.0210. The lowest BCUT2D eigenvalue weighted by atomic mass is 9.98. The van der Waals surface area contributed by atoms with Gasteiger partial charge in [-0.3, -0.25) is 0 Å². The predicted octanol–water partition coefficient (Wildman–Crippen LogP) is 2.10. The van der Waals surface area contributed by atoms with Crippen molar-refractivity contribution in [2.75, 3.05) is 13.7 Å². The van der Waals surface area contributed by atoms with E-state index in [0.29, 0.717) is 5.56 Å². The van der Waals surface area contributed by atoms with E-state index in [9.17, 15) is 9.50 Å². The molecule has 0 saturated heterocycles. The van der Waals surface area contributed by atoms with Crippen molar-refractivity contribution >= 4 is 0 Å². The number of hydrogen-bond acceptors (Lipinski definition) is 3. The summed E-state index contributed by atoms with van der Waals surface area (Å²) in [4.78, 5) is 3.39. The summed E-state index contributed by atoms with van der Waals surface area (Å²) in [5.41, 5.74) is -0.708. The maximum atomic E-state index is 12.7. The highest BCUT2D eigenvalue weighted by Crippen LogP contribution is 2.20. The van der Waals surface area contributed by atoms with E-state index in [2.05, 4.69) is 4.98 Å². The molecule has 0 amide bonds. The summed E-state index contributed by atoms with van der Waals surface area (Å²) in [6.45, 7) is 5.68. The molecule has 0 spiro atoms. The Balaban J connectivity index is 0.000000921. The number of halogens is 1. The van der Waals surface area contributed by atoms with Crippen molar-refractivity contribution in [3.05, 3.63) is 29.8 Å². The molecule has 1 rings (SSSR count). The molecular weight excluding hydrogens is 197 g/mol. The number of nitrogens with zero attached hydrogens (tertiary/aromatic N) is 1. The Morgan fingerprint density at radius 2 is 2.13 bits per heavy atom. The van der Waals surface area contributed by atoms with Gasteiger partial charge in [-0.1, -0.05) is 13.8 Å². The van der Waals surface area contributed by atoms with E-state index >= 15 is 0 Å². The van der Waals surface area contributed by atoms with Gasteiger partial charge in [-0.15, -0.1) is 0 Å². The summed E-state index contributed by atoms with van der Waals surface area (Å²) in [7, 11) is 1.48. The Kier molecular flexibility index (Phi) is 6.05. The molecule has 0 aliphatic rings. The average molecular weight is 215 g/mol. The van der Waals surface area contributed by atoms with Crippen molar-refractivity contribution < 1.29 is 14.2 Å². The van der Waals surface area contributed by atoms with Gasteiger partial charge in [-0.25, -0.2) is 4.98 Å². The van der Waals surface area contributed by atoms with Gasteiger partial charge >= 0.3 is 0 Å². The van der Waals surface area contributed by atoms with Crippen LogP contribution in [0.1, 0.15) is 26.3 Å². The molecule has 0 aromatic carbocycles. The van der Waals surface area contributed by atoms with Crippen molar-refractivity contribution in [1.29, 1.82) is 0 Å². The molecule has 1 atom stereocenters. The highest BCUT2D eigenvalue weighted by atomic mass is 19.1. The minimum Gasteiger partial charge on any atom is -0.383 e. The van der Waals surface area contributed by atoms with E-state index in [1.807, 2.05) is 13.8 Å². The molecule has 0 bridgehead atoms. The van der Waals surface area contributed by atoms with Crippen LogP contribution in [0.3, 0.4) is 0 Å². The van der Waals surface area contributed by atoms with E-state index in [1.54, 1.807) is 13.0 Å². The van der Waals surface area contributed by atoms with Crippen molar-refractivity contribution in [3.63, 3.8) is 0 Å². The quantitative estimate of drug-likeness (QED) is 0.785. The summed E-state index contributed by atoms with van der Waals surface area (Å²) in [5, 5.41) is 9.79. The van der Waals surface area contributed by atoms with Crippen LogP contribution in [0, 0.1) is 5.95 Å². The maximum Gasteiger partial charge on any atom is 0.213 e. The van der Waals surface area contributed by atoms with Gasteiger partial charge < -0.3 is 9.84 Å². The highest BCUT2D eigenvalue weighted by molar-refractivity contribution is 5.18. The first kappa shape index (κ1) is 14.0. The fraction of sp³-hybridized carbons (Fsp3) is 0.545. The molecule has 1 aromatic heterocycles. The molecule has 1 aromatic rings. The molecule has 4 heteroatoms. The minimum atomic E-state index is -1.17. The lowest BCUT2D eigenvalue weighted by Crippen LogP contribution is -2.27. The fourth-order valence-electron chi connectivity index (χ4n) is 1.10. The molecule has 1 N–H and O–H groups in total. The molecule has 3 nitrogen and oxygen atoms in total.